The predicted octanol–water partition coefficient (Wildman–Crippen LogP) is 0.595. The molecule has 1 aliphatic rings. The summed E-state index contributed by atoms with van der Waals surface area (Å²) in [5, 5.41) is 10.2. The Morgan fingerprint density at radius 1 is 1.53 bits per heavy atom. The first kappa shape index (κ1) is 16.2. The van der Waals surface area contributed by atoms with Crippen molar-refractivity contribution in [2.24, 2.45) is 0 Å². The Labute approximate surface area is 113 Å². The van der Waals surface area contributed by atoms with Crippen LogP contribution in [0.4, 0.5) is 0 Å². The van der Waals surface area contributed by atoms with E-state index in [1.807, 2.05) is 6.07 Å². The minimum absolute atomic E-state index is 0. The molecule has 2 rings (SSSR count). The number of halogens is 2. The fourth-order valence-electron chi connectivity index (χ4n) is 1.79. The minimum atomic E-state index is 0. The van der Waals surface area contributed by atoms with Gasteiger partial charge in [0, 0.05) is 25.0 Å². The molecule has 0 bridgehead atoms. The molecule has 1 saturated heterocycles. The van der Waals surface area contributed by atoms with E-state index in [-0.39, 0.29) is 36.8 Å². The van der Waals surface area contributed by atoms with Gasteiger partial charge in [-0.15, -0.1) is 24.8 Å². The second-order valence-corrected chi connectivity index (χ2v) is 3.81. The zero-order chi connectivity index (χ0) is 10.5. The molecule has 0 saturated carbocycles. The Balaban J connectivity index is 0.00000128. The van der Waals surface area contributed by atoms with Crippen LogP contribution in [0.2, 0.25) is 0 Å². The highest BCUT2D eigenvalue weighted by Gasteiger charge is 2.15. The zero-order valence-electron chi connectivity index (χ0n) is 9.46. The lowest BCUT2D eigenvalue weighted by Crippen LogP contribution is -2.46. The lowest BCUT2D eigenvalue weighted by atomic mass is 10.1. The first-order chi connectivity index (χ1) is 7.34. The third-order valence-electron chi connectivity index (χ3n) is 2.53. The maximum absolute atomic E-state index is 11.6. The summed E-state index contributed by atoms with van der Waals surface area (Å²) < 4.78 is 1.63. The van der Waals surface area contributed by atoms with Crippen molar-refractivity contribution < 1.29 is 4.79 Å². The van der Waals surface area contributed by atoms with E-state index < -0.39 is 0 Å². The Morgan fingerprint density at radius 2 is 2.35 bits per heavy atom. The molecule has 1 amide bonds. The standard InChI is InChI=1S/C10H16N4O.2ClH/c15-10(8-14-6-2-5-12-14)13-9-3-1-4-11-7-9;;/h2,5-6,9,11H,1,3-4,7-8H2,(H,13,15);2*1H. The molecule has 2 heterocycles. The summed E-state index contributed by atoms with van der Waals surface area (Å²) in [6, 6.07) is 2.09. The molecule has 17 heavy (non-hydrogen) atoms. The van der Waals surface area contributed by atoms with Crippen molar-refractivity contribution in [3.05, 3.63) is 18.5 Å². The van der Waals surface area contributed by atoms with E-state index in [4.69, 9.17) is 0 Å². The van der Waals surface area contributed by atoms with Crippen molar-refractivity contribution in [1.29, 1.82) is 0 Å². The Morgan fingerprint density at radius 3 is 2.94 bits per heavy atom. The molecule has 1 atom stereocenters. The van der Waals surface area contributed by atoms with Gasteiger partial charge in [0.15, 0.2) is 0 Å². The van der Waals surface area contributed by atoms with Crippen LogP contribution >= 0.6 is 24.8 Å². The number of amides is 1. The van der Waals surface area contributed by atoms with Gasteiger partial charge in [-0.3, -0.25) is 9.48 Å². The first-order valence-corrected chi connectivity index (χ1v) is 5.32. The van der Waals surface area contributed by atoms with Gasteiger partial charge in [0.1, 0.15) is 6.54 Å². The van der Waals surface area contributed by atoms with Crippen LogP contribution in [0.25, 0.3) is 0 Å². The van der Waals surface area contributed by atoms with Crippen LogP contribution in [0.1, 0.15) is 12.8 Å². The second kappa shape index (κ2) is 8.33. The molecule has 2 N–H and O–H groups in total. The highest BCUT2D eigenvalue weighted by Crippen LogP contribution is 2.00. The number of nitrogens with one attached hydrogen (secondary N) is 2. The molecule has 5 nitrogen and oxygen atoms in total. The summed E-state index contributed by atoms with van der Waals surface area (Å²) in [6.45, 7) is 2.25. The second-order valence-electron chi connectivity index (χ2n) is 3.81. The fourth-order valence-corrected chi connectivity index (χ4v) is 1.79. The molecule has 1 fully saturated rings. The van der Waals surface area contributed by atoms with Gasteiger partial charge in [-0.25, -0.2) is 0 Å². The summed E-state index contributed by atoms with van der Waals surface area (Å²) in [7, 11) is 0. The monoisotopic (exact) mass is 280 g/mol. The van der Waals surface area contributed by atoms with Gasteiger partial charge in [-0.2, -0.15) is 5.10 Å². The largest absolute Gasteiger partial charge is 0.350 e. The molecule has 0 spiro atoms. The first-order valence-electron chi connectivity index (χ1n) is 5.32. The van der Waals surface area contributed by atoms with Crippen LogP contribution in [-0.4, -0.2) is 34.8 Å². The van der Waals surface area contributed by atoms with Crippen molar-refractivity contribution in [2.75, 3.05) is 13.1 Å². The number of rotatable bonds is 3. The molecule has 1 aliphatic heterocycles. The number of hydrogen-bond donors (Lipinski definition) is 2. The van der Waals surface area contributed by atoms with Gasteiger partial charge in [-0.05, 0) is 25.5 Å². The summed E-state index contributed by atoms with van der Waals surface area (Å²) in [6.07, 6.45) is 5.67. The number of carbonyl (C=O) groups is 1. The Hall–Kier alpha value is -0.780. The number of nitrogens with zero attached hydrogens (tertiary/aromatic N) is 2. The minimum Gasteiger partial charge on any atom is -0.350 e. The number of aromatic nitrogens is 2. The van der Waals surface area contributed by atoms with Gasteiger partial charge in [0.2, 0.25) is 5.91 Å². The molecule has 1 aromatic rings. The third-order valence-corrected chi connectivity index (χ3v) is 2.53. The highest BCUT2D eigenvalue weighted by atomic mass is 35.5. The Kier molecular flexibility index (Phi) is 7.95. The fraction of sp³-hybridized carbons (Fsp3) is 0.600. The van der Waals surface area contributed by atoms with Gasteiger partial charge >= 0.3 is 0 Å². The molecule has 0 aromatic carbocycles. The lowest BCUT2D eigenvalue weighted by Gasteiger charge is -2.23. The molecule has 1 aromatic heterocycles. The Bertz CT molecular complexity index is 312. The van der Waals surface area contributed by atoms with E-state index in [0.29, 0.717) is 6.54 Å². The quantitative estimate of drug-likeness (QED) is 0.852. The summed E-state index contributed by atoms with van der Waals surface area (Å²) in [5.74, 6) is 0.0346. The third kappa shape index (κ3) is 5.39. The van der Waals surface area contributed by atoms with E-state index in [9.17, 15) is 4.79 Å². The van der Waals surface area contributed by atoms with Gasteiger partial charge in [-0.1, -0.05) is 0 Å². The summed E-state index contributed by atoms with van der Waals surface area (Å²) >= 11 is 0. The van der Waals surface area contributed by atoms with Crippen LogP contribution < -0.4 is 10.6 Å². The van der Waals surface area contributed by atoms with Crippen molar-refractivity contribution in [3.63, 3.8) is 0 Å². The van der Waals surface area contributed by atoms with E-state index in [1.165, 1.54) is 0 Å². The topological polar surface area (TPSA) is 59.0 Å². The van der Waals surface area contributed by atoms with Crippen LogP contribution in [0.5, 0.6) is 0 Å². The zero-order valence-corrected chi connectivity index (χ0v) is 11.1. The summed E-state index contributed by atoms with van der Waals surface area (Å²) in [5.41, 5.74) is 0. The van der Waals surface area contributed by atoms with Crippen molar-refractivity contribution in [2.45, 2.75) is 25.4 Å². The molecule has 7 heteroatoms. The average molecular weight is 281 g/mol. The van der Waals surface area contributed by atoms with E-state index >= 15 is 0 Å². The van der Waals surface area contributed by atoms with Crippen molar-refractivity contribution in [1.82, 2.24) is 20.4 Å². The normalized spacial score (nSPS) is 18.7. The summed E-state index contributed by atoms with van der Waals surface area (Å²) in [4.78, 5) is 11.6. The maximum Gasteiger partial charge on any atom is 0.241 e. The number of hydrogen-bond acceptors (Lipinski definition) is 3. The van der Waals surface area contributed by atoms with E-state index in [1.54, 1.807) is 17.1 Å². The molecule has 1 unspecified atom stereocenters. The van der Waals surface area contributed by atoms with Crippen LogP contribution in [0.15, 0.2) is 18.5 Å². The smallest absolute Gasteiger partial charge is 0.241 e. The van der Waals surface area contributed by atoms with E-state index in [0.717, 1.165) is 25.9 Å². The van der Waals surface area contributed by atoms with Crippen molar-refractivity contribution in [3.8, 4) is 0 Å². The number of carbonyl (C=O) groups excluding carboxylic acids is 1. The van der Waals surface area contributed by atoms with Crippen LogP contribution in [-0.2, 0) is 11.3 Å². The van der Waals surface area contributed by atoms with E-state index in [2.05, 4.69) is 15.7 Å². The molecule has 0 radical (unpaired) electrons. The van der Waals surface area contributed by atoms with Crippen LogP contribution in [0, 0.1) is 0 Å². The highest BCUT2D eigenvalue weighted by molar-refractivity contribution is 5.85. The molecular formula is C10H18Cl2N4O. The molecule has 98 valence electrons. The average Bonchev–Trinajstić information content (AvgIpc) is 2.71. The SMILES string of the molecule is Cl.Cl.O=C(Cn1cccn1)NC1CCCNC1. The predicted molar refractivity (Wildman–Crippen MR) is 70.8 cm³/mol. The van der Waals surface area contributed by atoms with Gasteiger partial charge < -0.3 is 10.6 Å². The molecule has 0 aliphatic carbocycles. The van der Waals surface area contributed by atoms with Crippen LogP contribution in [0.3, 0.4) is 0 Å². The van der Waals surface area contributed by atoms with Gasteiger partial charge in [0.05, 0.1) is 0 Å². The number of piperidine rings is 1. The molecular weight excluding hydrogens is 263 g/mol. The lowest BCUT2D eigenvalue weighted by molar-refractivity contribution is -0.122. The maximum atomic E-state index is 11.6. The van der Waals surface area contributed by atoms with Crippen molar-refractivity contribution >= 4 is 30.7 Å². The van der Waals surface area contributed by atoms with Gasteiger partial charge in [0.25, 0.3) is 0 Å².